The molecule has 4 rings (SSSR count). The van der Waals surface area contributed by atoms with E-state index in [1.54, 1.807) is 33.2 Å². The molecule has 1 saturated carbocycles. The summed E-state index contributed by atoms with van der Waals surface area (Å²) in [6, 6.07) is 3.75. The van der Waals surface area contributed by atoms with Gasteiger partial charge in [-0.2, -0.15) is 13.2 Å². The van der Waals surface area contributed by atoms with E-state index in [0.717, 1.165) is 29.0 Å². The number of carbonyl (C=O) groups is 2. The Labute approximate surface area is 206 Å². The van der Waals surface area contributed by atoms with Crippen LogP contribution in [0.1, 0.15) is 63.1 Å². The highest BCUT2D eigenvalue weighted by Gasteiger charge is 2.35. The van der Waals surface area contributed by atoms with Gasteiger partial charge in [0.15, 0.2) is 0 Å². The zero-order valence-electron chi connectivity index (χ0n) is 19.8. The highest BCUT2D eigenvalue weighted by Crippen LogP contribution is 2.45. The van der Waals surface area contributed by atoms with Crippen LogP contribution >= 0.6 is 11.8 Å². The molecule has 1 aliphatic carbocycles. The number of ether oxygens (including phenoxy) is 1. The number of hydrogen-bond acceptors (Lipinski definition) is 5. The fourth-order valence-electron chi connectivity index (χ4n) is 4.42. The maximum Gasteiger partial charge on any atom is 0.416 e. The lowest BCUT2D eigenvalue weighted by atomic mass is 9.85. The lowest BCUT2D eigenvalue weighted by Crippen LogP contribution is -2.43. The molecule has 6 nitrogen and oxygen atoms in total. The molecule has 2 heterocycles. The zero-order chi connectivity index (χ0) is 25.4. The maximum absolute atomic E-state index is 13.6. The van der Waals surface area contributed by atoms with Crippen molar-refractivity contribution in [3.63, 3.8) is 0 Å². The van der Waals surface area contributed by atoms with Gasteiger partial charge in [0, 0.05) is 46.3 Å². The predicted molar refractivity (Wildman–Crippen MR) is 126 cm³/mol. The summed E-state index contributed by atoms with van der Waals surface area (Å²) in [6.45, 7) is 5.31. The van der Waals surface area contributed by atoms with Crippen molar-refractivity contribution in [2.24, 2.45) is 5.92 Å². The molecule has 0 spiro atoms. The van der Waals surface area contributed by atoms with Crippen LogP contribution in [-0.4, -0.2) is 28.6 Å². The van der Waals surface area contributed by atoms with Crippen LogP contribution < -0.4 is 10.6 Å². The second kappa shape index (κ2) is 9.72. The maximum atomic E-state index is 13.6. The molecule has 1 aliphatic heterocycles. The van der Waals surface area contributed by atoms with Gasteiger partial charge in [-0.1, -0.05) is 18.2 Å². The Morgan fingerprint density at radius 3 is 2.63 bits per heavy atom. The molecule has 2 atom stereocenters. The van der Waals surface area contributed by atoms with Gasteiger partial charge in [-0.25, -0.2) is 4.79 Å². The predicted octanol–water partition coefficient (Wildman–Crippen LogP) is 6.18. The summed E-state index contributed by atoms with van der Waals surface area (Å²) >= 11 is 1.23. The summed E-state index contributed by atoms with van der Waals surface area (Å²) in [6.07, 6.45) is 1.03. The Bertz CT molecular complexity index is 1130. The van der Waals surface area contributed by atoms with Crippen LogP contribution in [0.2, 0.25) is 0 Å². The number of nitrogens with zero attached hydrogens (tertiary/aromatic N) is 1. The Morgan fingerprint density at radius 1 is 1.14 bits per heavy atom. The highest BCUT2D eigenvalue weighted by molar-refractivity contribution is 7.99. The van der Waals surface area contributed by atoms with Crippen molar-refractivity contribution in [3.8, 4) is 0 Å². The quantitative estimate of drug-likeness (QED) is 0.443. The molecule has 2 amide bonds. The fourth-order valence-corrected chi connectivity index (χ4v) is 5.53. The molecule has 2 aliphatic rings. The molecule has 0 radical (unpaired) electrons. The number of nitrogens with one attached hydrogen (secondary N) is 2. The first-order valence-corrected chi connectivity index (χ1v) is 12.4. The van der Waals surface area contributed by atoms with Gasteiger partial charge in [-0.05, 0) is 69.4 Å². The van der Waals surface area contributed by atoms with E-state index >= 15 is 0 Å². The van der Waals surface area contributed by atoms with Crippen molar-refractivity contribution in [1.29, 1.82) is 0 Å². The number of amides is 2. The van der Waals surface area contributed by atoms with Gasteiger partial charge in [-0.15, -0.1) is 0 Å². The Balaban J connectivity index is 1.52. The van der Waals surface area contributed by atoms with E-state index in [9.17, 15) is 22.8 Å². The first-order valence-electron chi connectivity index (χ1n) is 11.5. The summed E-state index contributed by atoms with van der Waals surface area (Å²) < 4.78 is 46.2. The van der Waals surface area contributed by atoms with Crippen LogP contribution in [0.15, 0.2) is 40.4 Å². The number of anilines is 1. The van der Waals surface area contributed by atoms with Crippen molar-refractivity contribution in [1.82, 2.24) is 10.3 Å². The van der Waals surface area contributed by atoms with E-state index in [4.69, 9.17) is 4.74 Å². The lowest BCUT2D eigenvalue weighted by molar-refractivity contribution is -0.137. The summed E-state index contributed by atoms with van der Waals surface area (Å²) in [5, 5.41) is 5.60. The summed E-state index contributed by atoms with van der Waals surface area (Å²) in [4.78, 5) is 30.6. The van der Waals surface area contributed by atoms with Crippen LogP contribution in [-0.2, 0) is 22.1 Å². The summed E-state index contributed by atoms with van der Waals surface area (Å²) in [7, 11) is 0. The monoisotopic (exact) mass is 507 g/mol. The van der Waals surface area contributed by atoms with Crippen molar-refractivity contribution in [3.05, 3.63) is 47.3 Å². The van der Waals surface area contributed by atoms with Gasteiger partial charge in [0.25, 0.3) is 0 Å². The normalized spacial score (nSPS) is 19.8. The van der Waals surface area contributed by atoms with E-state index in [-0.39, 0.29) is 17.6 Å². The van der Waals surface area contributed by atoms with E-state index < -0.39 is 29.4 Å². The number of rotatable bonds is 3. The number of fused-ring (bicyclic) bond motifs is 2. The number of pyridine rings is 1. The summed E-state index contributed by atoms with van der Waals surface area (Å²) in [5.74, 6) is -0.769. The van der Waals surface area contributed by atoms with Gasteiger partial charge >= 0.3 is 12.3 Å². The molecular weight excluding hydrogens is 479 g/mol. The smallest absolute Gasteiger partial charge is 0.416 e. The van der Waals surface area contributed by atoms with Crippen LogP contribution in [0.3, 0.4) is 0 Å². The topological polar surface area (TPSA) is 80.3 Å². The lowest BCUT2D eigenvalue weighted by Gasteiger charge is -2.30. The molecule has 0 bridgehead atoms. The standard InChI is InChI=1S/C25H28F3N3O3S/c1-24(2,3)34-23(33)30-17-6-4-5-15(9-17)22(32)31-19-11-16(25(26,27)28)12-20-18(19)10-14-7-8-29-13-21(14)35-20/h7-8,11-13,15,17H,4-6,9-10H2,1-3H3,(H,30,33)(H,31,32). The Hall–Kier alpha value is -2.75. The van der Waals surface area contributed by atoms with Crippen molar-refractivity contribution < 1.29 is 27.5 Å². The number of alkyl halides is 3. The van der Waals surface area contributed by atoms with E-state index in [1.807, 2.05) is 6.07 Å². The third kappa shape index (κ3) is 6.28. The van der Waals surface area contributed by atoms with E-state index in [0.29, 0.717) is 36.1 Å². The molecule has 2 unspecified atom stereocenters. The number of hydrogen-bond donors (Lipinski definition) is 2. The number of benzene rings is 1. The second-order valence-corrected chi connectivity index (χ2v) is 11.0. The molecule has 1 aromatic heterocycles. The third-order valence-corrected chi connectivity index (χ3v) is 7.19. The fraction of sp³-hybridized carbons (Fsp3) is 0.480. The third-order valence-electron chi connectivity index (χ3n) is 6.02. The van der Waals surface area contributed by atoms with Crippen molar-refractivity contribution >= 4 is 29.4 Å². The van der Waals surface area contributed by atoms with Crippen molar-refractivity contribution in [2.75, 3.05) is 5.32 Å². The second-order valence-electron chi connectivity index (χ2n) is 9.96. The SMILES string of the molecule is CC(C)(C)OC(=O)NC1CCCC(C(=O)Nc2cc(C(F)(F)F)cc3c2Cc2ccncc2S3)C1. The largest absolute Gasteiger partial charge is 0.444 e. The molecule has 2 N–H and O–H groups in total. The molecule has 2 aromatic rings. The minimum Gasteiger partial charge on any atom is -0.444 e. The average Bonchev–Trinajstić information content (AvgIpc) is 2.76. The van der Waals surface area contributed by atoms with E-state index in [2.05, 4.69) is 15.6 Å². The van der Waals surface area contributed by atoms with Gasteiger partial charge in [0.2, 0.25) is 5.91 Å². The number of alkyl carbamates (subject to hydrolysis) is 1. The van der Waals surface area contributed by atoms with Gasteiger partial charge < -0.3 is 15.4 Å². The van der Waals surface area contributed by atoms with Crippen LogP contribution in [0, 0.1) is 5.92 Å². The Morgan fingerprint density at radius 2 is 1.91 bits per heavy atom. The van der Waals surface area contributed by atoms with E-state index in [1.165, 1.54) is 11.8 Å². The first kappa shape index (κ1) is 25.3. The molecule has 0 saturated heterocycles. The summed E-state index contributed by atoms with van der Waals surface area (Å²) in [5.41, 5.74) is 0.350. The minimum absolute atomic E-state index is 0.178. The number of aromatic nitrogens is 1. The van der Waals surface area contributed by atoms with Gasteiger partial charge in [-0.3, -0.25) is 9.78 Å². The Kier molecular flexibility index (Phi) is 7.04. The molecule has 1 fully saturated rings. The molecular formula is C25H28F3N3O3S. The first-order chi connectivity index (χ1) is 16.4. The van der Waals surface area contributed by atoms with Crippen LogP contribution in [0.25, 0.3) is 0 Å². The van der Waals surface area contributed by atoms with Crippen molar-refractivity contribution in [2.45, 2.75) is 80.5 Å². The molecule has 188 valence electrons. The zero-order valence-corrected chi connectivity index (χ0v) is 20.6. The highest BCUT2D eigenvalue weighted by atomic mass is 32.2. The van der Waals surface area contributed by atoms with Gasteiger partial charge in [0.05, 0.1) is 5.56 Å². The minimum atomic E-state index is -4.54. The number of halogens is 3. The average molecular weight is 508 g/mol. The number of carbonyl (C=O) groups excluding carboxylic acids is 2. The molecule has 1 aromatic carbocycles. The van der Waals surface area contributed by atoms with Crippen LogP contribution in [0.5, 0.6) is 0 Å². The van der Waals surface area contributed by atoms with Crippen LogP contribution in [0.4, 0.5) is 23.7 Å². The van der Waals surface area contributed by atoms with Gasteiger partial charge in [0.1, 0.15) is 5.60 Å². The molecule has 35 heavy (non-hydrogen) atoms. The molecule has 10 heteroatoms.